The van der Waals surface area contributed by atoms with Gasteiger partial charge in [-0.25, -0.2) is 0 Å². The Labute approximate surface area is 128 Å². The molecule has 2 aromatic rings. The van der Waals surface area contributed by atoms with E-state index in [1.54, 1.807) is 11.3 Å². The molecule has 106 valence electrons. The highest BCUT2D eigenvalue weighted by Gasteiger charge is 2.21. The second-order valence-corrected chi connectivity index (χ2v) is 6.50. The van der Waals surface area contributed by atoms with Crippen molar-refractivity contribution in [3.05, 3.63) is 51.2 Å². The van der Waals surface area contributed by atoms with Crippen LogP contribution in [-0.4, -0.2) is 12.6 Å². The third-order valence-electron chi connectivity index (χ3n) is 3.38. The first-order valence-corrected chi connectivity index (χ1v) is 8.24. The molecule has 0 unspecified atom stereocenters. The Kier molecular flexibility index (Phi) is 4.61. The van der Waals surface area contributed by atoms with E-state index in [1.807, 2.05) is 12.1 Å². The largest absolute Gasteiger partial charge is 0.491 e. The van der Waals surface area contributed by atoms with E-state index in [-0.39, 0.29) is 0 Å². The number of thiophene rings is 1. The third-order valence-corrected chi connectivity index (χ3v) is 4.62. The van der Waals surface area contributed by atoms with E-state index in [0.29, 0.717) is 17.7 Å². The van der Waals surface area contributed by atoms with Gasteiger partial charge in [0.1, 0.15) is 5.75 Å². The van der Waals surface area contributed by atoms with Crippen LogP contribution in [0, 0.1) is 0 Å². The van der Waals surface area contributed by atoms with Gasteiger partial charge in [-0.15, -0.1) is 11.3 Å². The summed E-state index contributed by atoms with van der Waals surface area (Å²) < 4.78 is 5.93. The molecule has 20 heavy (non-hydrogen) atoms. The van der Waals surface area contributed by atoms with Crippen molar-refractivity contribution in [2.45, 2.75) is 31.8 Å². The lowest BCUT2D eigenvalue weighted by Crippen LogP contribution is -2.16. The lowest BCUT2D eigenvalue weighted by atomic mass is 10.2. The Balaban J connectivity index is 1.60. The minimum absolute atomic E-state index is 0.667. The van der Waals surface area contributed by atoms with Crippen LogP contribution >= 0.6 is 22.9 Å². The zero-order valence-corrected chi connectivity index (χ0v) is 12.8. The highest BCUT2D eigenvalue weighted by molar-refractivity contribution is 7.09. The second-order valence-electron chi connectivity index (χ2n) is 5.06. The average molecular weight is 308 g/mol. The summed E-state index contributed by atoms with van der Waals surface area (Å²) in [5, 5.41) is 6.30. The molecule has 0 bridgehead atoms. The Hall–Kier alpha value is -1.03. The molecular weight excluding hydrogens is 290 g/mol. The molecule has 1 aliphatic rings. The fourth-order valence-corrected chi connectivity index (χ4v) is 3.04. The molecule has 3 rings (SSSR count). The van der Waals surface area contributed by atoms with Crippen LogP contribution in [0.1, 0.15) is 23.3 Å². The lowest BCUT2D eigenvalue weighted by molar-refractivity contribution is 0.319. The van der Waals surface area contributed by atoms with Crippen LogP contribution in [-0.2, 0) is 13.0 Å². The molecule has 1 aromatic heterocycles. The summed E-state index contributed by atoms with van der Waals surface area (Å²) in [6, 6.07) is 10.9. The Morgan fingerprint density at radius 2 is 2.15 bits per heavy atom. The number of hydrogen-bond donors (Lipinski definition) is 1. The summed E-state index contributed by atoms with van der Waals surface area (Å²) in [4.78, 5) is 1.34. The molecule has 4 heteroatoms. The molecule has 0 radical (unpaired) electrons. The van der Waals surface area contributed by atoms with E-state index in [2.05, 4.69) is 28.9 Å². The van der Waals surface area contributed by atoms with E-state index in [9.17, 15) is 0 Å². The SMILES string of the molecule is Clc1cccc(CNC2CC2)c1OCCc1cccs1. The van der Waals surface area contributed by atoms with Crippen molar-refractivity contribution in [2.75, 3.05) is 6.61 Å². The maximum absolute atomic E-state index is 6.27. The fourth-order valence-electron chi connectivity index (χ4n) is 2.10. The van der Waals surface area contributed by atoms with Gasteiger partial charge >= 0.3 is 0 Å². The van der Waals surface area contributed by atoms with Gasteiger partial charge < -0.3 is 10.1 Å². The van der Waals surface area contributed by atoms with Gasteiger partial charge in [0.05, 0.1) is 11.6 Å². The second kappa shape index (κ2) is 6.61. The zero-order valence-electron chi connectivity index (χ0n) is 11.3. The first-order chi connectivity index (χ1) is 9.83. The Morgan fingerprint density at radius 3 is 2.90 bits per heavy atom. The van der Waals surface area contributed by atoms with Crippen LogP contribution in [0.25, 0.3) is 0 Å². The van der Waals surface area contributed by atoms with Crippen molar-refractivity contribution in [3.8, 4) is 5.75 Å². The number of halogens is 1. The molecule has 0 spiro atoms. The number of para-hydroxylation sites is 1. The van der Waals surface area contributed by atoms with Crippen molar-refractivity contribution in [1.82, 2.24) is 5.32 Å². The normalized spacial score (nSPS) is 14.4. The summed E-state index contributed by atoms with van der Waals surface area (Å²) in [6.07, 6.45) is 3.50. The van der Waals surface area contributed by atoms with Crippen molar-refractivity contribution in [1.29, 1.82) is 0 Å². The van der Waals surface area contributed by atoms with Gasteiger partial charge in [0.15, 0.2) is 0 Å². The maximum atomic E-state index is 6.27. The van der Waals surface area contributed by atoms with E-state index in [4.69, 9.17) is 16.3 Å². The summed E-state index contributed by atoms with van der Waals surface area (Å²) in [7, 11) is 0. The molecule has 0 aliphatic heterocycles. The van der Waals surface area contributed by atoms with Crippen molar-refractivity contribution >= 4 is 22.9 Å². The van der Waals surface area contributed by atoms with Crippen LogP contribution in [0.3, 0.4) is 0 Å². The molecule has 1 aliphatic carbocycles. The minimum Gasteiger partial charge on any atom is -0.491 e. The van der Waals surface area contributed by atoms with E-state index in [1.165, 1.54) is 17.7 Å². The summed E-state index contributed by atoms with van der Waals surface area (Å²) in [6.45, 7) is 1.50. The van der Waals surface area contributed by atoms with Gasteiger partial charge in [-0.2, -0.15) is 0 Å². The number of nitrogens with one attached hydrogen (secondary N) is 1. The van der Waals surface area contributed by atoms with Crippen LogP contribution in [0.15, 0.2) is 35.7 Å². The molecule has 2 nitrogen and oxygen atoms in total. The smallest absolute Gasteiger partial charge is 0.142 e. The summed E-state index contributed by atoms with van der Waals surface area (Å²) >= 11 is 8.03. The van der Waals surface area contributed by atoms with Crippen LogP contribution < -0.4 is 10.1 Å². The molecule has 0 atom stereocenters. The van der Waals surface area contributed by atoms with E-state index < -0.39 is 0 Å². The van der Waals surface area contributed by atoms with E-state index in [0.717, 1.165) is 24.3 Å². The van der Waals surface area contributed by atoms with Gasteiger partial charge in [-0.05, 0) is 30.4 Å². The highest BCUT2D eigenvalue weighted by atomic mass is 35.5. The molecule has 0 saturated heterocycles. The number of benzene rings is 1. The van der Waals surface area contributed by atoms with Gasteiger partial charge in [0.2, 0.25) is 0 Å². The van der Waals surface area contributed by atoms with Crippen LogP contribution in [0.4, 0.5) is 0 Å². The third kappa shape index (κ3) is 3.75. The number of ether oxygens (including phenoxy) is 1. The number of hydrogen-bond acceptors (Lipinski definition) is 3. The van der Waals surface area contributed by atoms with Gasteiger partial charge in [0, 0.05) is 29.4 Å². The standard InChI is InChI=1S/C16H18ClNOS/c17-15-5-1-3-12(11-18-13-6-7-13)16(15)19-9-8-14-4-2-10-20-14/h1-5,10,13,18H,6-9,11H2. The molecule has 1 heterocycles. The quantitative estimate of drug-likeness (QED) is 0.824. The first-order valence-electron chi connectivity index (χ1n) is 6.99. The molecule has 0 amide bonds. The maximum Gasteiger partial charge on any atom is 0.142 e. The first kappa shape index (κ1) is 13.9. The highest BCUT2D eigenvalue weighted by Crippen LogP contribution is 2.30. The molecule has 1 N–H and O–H groups in total. The lowest BCUT2D eigenvalue weighted by Gasteiger charge is -2.13. The Bertz CT molecular complexity index is 552. The molecular formula is C16H18ClNOS. The summed E-state index contributed by atoms with van der Waals surface area (Å²) in [5.74, 6) is 0.832. The molecule has 1 saturated carbocycles. The van der Waals surface area contributed by atoms with Gasteiger partial charge in [-0.1, -0.05) is 29.8 Å². The van der Waals surface area contributed by atoms with Crippen molar-refractivity contribution in [2.24, 2.45) is 0 Å². The minimum atomic E-state index is 0.667. The van der Waals surface area contributed by atoms with Crippen molar-refractivity contribution < 1.29 is 4.74 Å². The van der Waals surface area contributed by atoms with Crippen molar-refractivity contribution in [3.63, 3.8) is 0 Å². The Morgan fingerprint density at radius 1 is 1.25 bits per heavy atom. The van der Waals surface area contributed by atoms with E-state index >= 15 is 0 Å². The molecule has 1 aromatic carbocycles. The predicted octanol–water partition coefficient (Wildman–Crippen LogP) is 4.28. The average Bonchev–Trinajstić information content (AvgIpc) is 3.14. The fraction of sp³-hybridized carbons (Fsp3) is 0.375. The number of rotatable bonds is 7. The predicted molar refractivity (Wildman–Crippen MR) is 84.8 cm³/mol. The molecule has 1 fully saturated rings. The van der Waals surface area contributed by atoms with Crippen LogP contribution in [0.5, 0.6) is 5.75 Å². The van der Waals surface area contributed by atoms with Gasteiger partial charge in [0.25, 0.3) is 0 Å². The van der Waals surface area contributed by atoms with Gasteiger partial charge in [-0.3, -0.25) is 0 Å². The van der Waals surface area contributed by atoms with Crippen LogP contribution in [0.2, 0.25) is 5.02 Å². The topological polar surface area (TPSA) is 21.3 Å². The monoisotopic (exact) mass is 307 g/mol. The summed E-state index contributed by atoms with van der Waals surface area (Å²) in [5.41, 5.74) is 1.15. The zero-order chi connectivity index (χ0) is 13.8.